The van der Waals surface area contributed by atoms with Crippen molar-refractivity contribution in [3.8, 4) is 0 Å². The Hall–Kier alpha value is -2.74. The van der Waals surface area contributed by atoms with Crippen molar-refractivity contribution in [2.45, 2.75) is 6.92 Å². The van der Waals surface area contributed by atoms with E-state index in [2.05, 4.69) is 22.0 Å². The number of thioether (sulfide) groups is 1. The fourth-order valence-corrected chi connectivity index (χ4v) is 2.48. The third-order valence-electron chi connectivity index (χ3n) is 3.34. The lowest BCUT2D eigenvalue weighted by Crippen LogP contribution is -2.35. The second-order valence-corrected chi connectivity index (χ2v) is 5.80. The third kappa shape index (κ3) is 3.77. The molecule has 0 aromatic heterocycles. The molecule has 1 aliphatic rings. The molecule has 2 rings (SSSR count). The summed E-state index contributed by atoms with van der Waals surface area (Å²) in [5.41, 5.74) is 2.60. The highest BCUT2D eigenvalue weighted by Crippen LogP contribution is 2.26. The first-order chi connectivity index (χ1) is 11.5. The van der Waals surface area contributed by atoms with Crippen LogP contribution < -0.4 is 5.32 Å². The number of aryl methyl sites for hydroxylation is 1. The molecule has 0 saturated heterocycles. The Morgan fingerprint density at radius 1 is 1.46 bits per heavy atom. The topological polar surface area (TPSA) is 97.0 Å². The molecule has 0 spiro atoms. The highest BCUT2D eigenvalue weighted by Gasteiger charge is 2.24. The molecule has 1 aromatic rings. The minimum absolute atomic E-state index is 0.0417. The van der Waals surface area contributed by atoms with Crippen molar-refractivity contribution in [3.63, 3.8) is 0 Å². The number of benzene rings is 1. The van der Waals surface area contributed by atoms with E-state index in [1.54, 1.807) is 12.1 Å². The van der Waals surface area contributed by atoms with Crippen molar-refractivity contribution in [3.05, 3.63) is 57.3 Å². The minimum Gasteiger partial charge on any atom is -0.320 e. The standard InChI is InChI=1S/C16H16N4O3S/c1-10-4-5-12(20(22)23)7-13(10)14-6-11(8-17-2)15(16(21)19-14)18-9-24-3/h4-8H,2,9H2,1,3H3,(H,19,21)/b11-8-,18-15+. The van der Waals surface area contributed by atoms with Gasteiger partial charge in [0.1, 0.15) is 5.71 Å². The number of hydrogen-bond acceptors (Lipinski definition) is 6. The average molecular weight is 344 g/mol. The van der Waals surface area contributed by atoms with E-state index in [1.165, 1.54) is 30.1 Å². The molecule has 1 heterocycles. The number of rotatable bonds is 5. The summed E-state index contributed by atoms with van der Waals surface area (Å²) in [5, 5.41) is 13.7. The van der Waals surface area contributed by atoms with Crippen LogP contribution in [0, 0.1) is 17.0 Å². The van der Waals surface area contributed by atoms with Crippen molar-refractivity contribution >= 4 is 41.5 Å². The molecule has 1 aromatic carbocycles. The zero-order valence-corrected chi connectivity index (χ0v) is 14.1. The molecule has 24 heavy (non-hydrogen) atoms. The summed E-state index contributed by atoms with van der Waals surface area (Å²) < 4.78 is 0. The molecule has 0 unspecified atom stereocenters. The number of carbonyl (C=O) groups excluding carboxylic acids is 1. The van der Waals surface area contributed by atoms with Crippen LogP contribution >= 0.6 is 11.8 Å². The smallest absolute Gasteiger partial charge is 0.274 e. The van der Waals surface area contributed by atoms with Gasteiger partial charge in [0.25, 0.3) is 11.6 Å². The number of aliphatic imine (C=N–C) groups is 2. The first kappa shape index (κ1) is 17.6. The molecule has 1 N–H and O–H groups in total. The van der Waals surface area contributed by atoms with Gasteiger partial charge in [-0.3, -0.25) is 24.9 Å². The van der Waals surface area contributed by atoms with Gasteiger partial charge >= 0.3 is 0 Å². The zero-order chi connectivity index (χ0) is 17.7. The number of non-ortho nitro benzene ring substituents is 1. The summed E-state index contributed by atoms with van der Waals surface area (Å²) in [4.78, 5) is 30.8. The van der Waals surface area contributed by atoms with Crippen LogP contribution in [0.15, 0.2) is 46.0 Å². The summed E-state index contributed by atoms with van der Waals surface area (Å²) in [5.74, 6) is 0.0679. The monoisotopic (exact) mass is 344 g/mol. The van der Waals surface area contributed by atoms with Gasteiger partial charge in [0.2, 0.25) is 0 Å². The second-order valence-electron chi connectivity index (χ2n) is 4.96. The molecule has 1 amide bonds. The Balaban J connectivity index is 2.54. The van der Waals surface area contributed by atoms with Crippen LogP contribution in [0.3, 0.4) is 0 Å². The molecule has 0 radical (unpaired) electrons. The van der Waals surface area contributed by atoms with Crippen LogP contribution in [-0.4, -0.2) is 35.4 Å². The Bertz CT molecular complexity index is 797. The Kier molecular flexibility index (Phi) is 5.64. The van der Waals surface area contributed by atoms with Crippen LogP contribution in [0.1, 0.15) is 11.1 Å². The molecule has 8 heteroatoms. The molecule has 124 valence electrons. The average Bonchev–Trinajstić information content (AvgIpc) is 2.54. The van der Waals surface area contributed by atoms with Gasteiger partial charge in [-0.25, -0.2) is 0 Å². The summed E-state index contributed by atoms with van der Waals surface area (Å²) in [7, 11) is 0. The molecule has 0 aliphatic carbocycles. The normalized spacial score (nSPS) is 17.6. The fourth-order valence-electron chi connectivity index (χ4n) is 2.22. The van der Waals surface area contributed by atoms with Gasteiger partial charge < -0.3 is 5.32 Å². The maximum Gasteiger partial charge on any atom is 0.274 e. The molecule has 0 fully saturated rings. The summed E-state index contributed by atoms with van der Waals surface area (Å²) in [6.45, 7) is 5.23. The minimum atomic E-state index is -0.471. The van der Waals surface area contributed by atoms with Crippen LogP contribution in [-0.2, 0) is 4.79 Å². The molecule has 0 bridgehead atoms. The number of carbonyl (C=O) groups is 1. The van der Waals surface area contributed by atoms with Gasteiger partial charge in [-0.1, -0.05) is 6.07 Å². The van der Waals surface area contributed by atoms with Gasteiger partial charge in [-0.05, 0) is 31.5 Å². The van der Waals surface area contributed by atoms with Gasteiger partial charge in [0.15, 0.2) is 0 Å². The summed E-state index contributed by atoms with van der Waals surface area (Å²) in [6, 6.07) is 4.51. The number of nitrogens with one attached hydrogen (secondary N) is 1. The summed E-state index contributed by atoms with van der Waals surface area (Å²) in [6.07, 6.45) is 5.03. The quantitative estimate of drug-likeness (QED) is 0.504. The van der Waals surface area contributed by atoms with Crippen LogP contribution in [0.5, 0.6) is 0 Å². The lowest BCUT2D eigenvalue weighted by atomic mass is 9.98. The SMILES string of the molecule is C=N/C=C1/C=C(c2cc([N+](=O)[O-])ccc2C)NC(=O)/C1=N/CSC. The number of amides is 1. The first-order valence-corrected chi connectivity index (χ1v) is 8.35. The van der Waals surface area contributed by atoms with E-state index in [4.69, 9.17) is 0 Å². The predicted molar refractivity (Wildman–Crippen MR) is 97.4 cm³/mol. The fraction of sp³-hybridized carbons (Fsp3) is 0.188. The molecule has 1 aliphatic heterocycles. The Morgan fingerprint density at radius 3 is 2.83 bits per heavy atom. The van der Waals surface area contributed by atoms with E-state index in [0.29, 0.717) is 22.7 Å². The van der Waals surface area contributed by atoms with Crippen molar-refractivity contribution in [2.24, 2.45) is 9.98 Å². The number of nitrogens with zero attached hydrogens (tertiary/aromatic N) is 3. The van der Waals surface area contributed by atoms with Crippen molar-refractivity contribution in [1.82, 2.24) is 5.32 Å². The van der Waals surface area contributed by atoms with E-state index >= 15 is 0 Å². The molecular formula is C16H16N4O3S. The zero-order valence-electron chi connectivity index (χ0n) is 13.3. The lowest BCUT2D eigenvalue weighted by molar-refractivity contribution is -0.384. The van der Waals surface area contributed by atoms with Crippen molar-refractivity contribution in [1.29, 1.82) is 0 Å². The molecule has 0 atom stereocenters. The Labute approximate surface area is 143 Å². The van der Waals surface area contributed by atoms with E-state index in [9.17, 15) is 14.9 Å². The summed E-state index contributed by atoms with van der Waals surface area (Å²) >= 11 is 1.49. The third-order valence-corrected chi connectivity index (χ3v) is 3.73. The number of hydrogen-bond donors (Lipinski definition) is 1. The highest BCUT2D eigenvalue weighted by molar-refractivity contribution is 7.98. The van der Waals surface area contributed by atoms with E-state index in [-0.39, 0.29) is 17.3 Å². The maximum atomic E-state index is 12.4. The van der Waals surface area contributed by atoms with E-state index < -0.39 is 4.92 Å². The lowest BCUT2D eigenvalue weighted by Gasteiger charge is -2.19. The Morgan fingerprint density at radius 2 is 2.21 bits per heavy atom. The number of nitro benzene ring substituents is 1. The maximum absolute atomic E-state index is 12.4. The molecule has 7 nitrogen and oxygen atoms in total. The van der Waals surface area contributed by atoms with Crippen molar-refractivity contribution in [2.75, 3.05) is 12.1 Å². The molecular weight excluding hydrogens is 328 g/mol. The van der Waals surface area contributed by atoms with Gasteiger partial charge in [-0.15, -0.1) is 11.8 Å². The van der Waals surface area contributed by atoms with Gasteiger partial charge in [-0.2, -0.15) is 0 Å². The van der Waals surface area contributed by atoms with E-state index in [1.807, 2.05) is 13.2 Å². The first-order valence-electron chi connectivity index (χ1n) is 6.96. The van der Waals surface area contributed by atoms with Crippen LogP contribution in [0.2, 0.25) is 0 Å². The van der Waals surface area contributed by atoms with Crippen LogP contribution in [0.4, 0.5) is 5.69 Å². The van der Waals surface area contributed by atoms with Crippen molar-refractivity contribution < 1.29 is 9.72 Å². The second kappa shape index (κ2) is 7.69. The van der Waals surface area contributed by atoms with Gasteiger partial charge in [0.05, 0.1) is 10.8 Å². The number of allylic oxidation sites excluding steroid dienone is 1. The van der Waals surface area contributed by atoms with E-state index in [0.717, 1.165) is 5.56 Å². The predicted octanol–water partition coefficient (Wildman–Crippen LogP) is 2.72. The molecule has 0 saturated carbocycles. The van der Waals surface area contributed by atoms with Crippen LogP contribution in [0.25, 0.3) is 5.70 Å². The largest absolute Gasteiger partial charge is 0.320 e. The number of nitro groups is 1. The van der Waals surface area contributed by atoms with Gasteiger partial charge in [0, 0.05) is 35.2 Å². The highest BCUT2D eigenvalue weighted by atomic mass is 32.2.